The van der Waals surface area contributed by atoms with Crippen LogP contribution in [0.4, 0.5) is 5.69 Å². The zero-order valence-electron chi connectivity index (χ0n) is 17.6. The number of thiazole rings is 1. The first kappa shape index (κ1) is 21.9. The molecule has 0 saturated carbocycles. The molecule has 0 fully saturated rings. The number of nitrogens with one attached hydrogen (secondary N) is 1. The number of carbonyl (C=O) groups excluding carboxylic acids is 2. The Morgan fingerprint density at radius 2 is 2.09 bits per heavy atom. The summed E-state index contributed by atoms with van der Waals surface area (Å²) in [6.45, 7) is 2.73. The van der Waals surface area contributed by atoms with Crippen LogP contribution >= 0.6 is 34.9 Å². The molecule has 8 nitrogen and oxygen atoms in total. The summed E-state index contributed by atoms with van der Waals surface area (Å²) in [5, 5.41) is 12.1. The first-order chi connectivity index (χ1) is 16.1. The summed E-state index contributed by atoms with van der Waals surface area (Å²) >= 11 is 4.66. The van der Waals surface area contributed by atoms with E-state index in [0.29, 0.717) is 34.5 Å². The molecule has 1 amide bonds. The molecule has 5 rings (SSSR count). The SMILES string of the molecule is CCn1c(CSc2nc3ccccc3s2)nnc1SCC(=O)c1ccc2c(c1)NC(=O)CO2. The molecule has 11 heteroatoms. The molecule has 0 aliphatic carbocycles. The predicted octanol–water partition coefficient (Wildman–Crippen LogP) is 4.51. The molecule has 2 aromatic heterocycles. The molecule has 1 N–H and O–H groups in total. The van der Waals surface area contributed by atoms with E-state index in [2.05, 4.69) is 26.6 Å². The minimum absolute atomic E-state index is 0.0115. The second-order valence-electron chi connectivity index (χ2n) is 7.14. The summed E-state index contributed by atoms with van der Waals surface area (Å²) in [6.07, 6.45) is 0. The van der Waals surface area contributed by atoms with Crippen molar-refractivity contribution in [3.05, 3.63) is 53.9 Å². The Balaban J connectivity index is 1.23. The van der Waals surface area contributed by atoms with Gasteiger partial charge in [0, 0.05) is 12.1 Å². The van der Waals surface area contributed by atoms with E-state index >= 15 is 0 Å². The van der Waals surface area contributed by atoms with Gasteiger partial charge in [0.25, 0.3) is 5.91 Å². The van der Waals surface area contributed by atoms with Crippen molar-refractivity contribution in [2.24, 2.45) is 0 Å². The Bertz CT molecular complexity index is 1320. The third-order valence-corrected chi connectivity index (χ3v) is 8.12. The molecule has 0 atom stereocenters. The summed E-state index contributed by atoms with van der Waals surface area (Å²) in [7, 11) is 0. The Morgan fingerprint density at radius 3 is 2.94 bits per heavy atom. The van der Waals surface area contributed by atoms with Crippen LogP contribution in [0.2, 0.25) is 0 Å². The van der Waals surface area contributed by atoms with Gasteiger partial charge in [0.1, 0.15) is 11.6 Å². The summed E-state index contributed by atoms with van der Waals surface area (Å²) in [5.41, 5.74) is 2.04. The molecule has 0 saturated heterocycles. The normalized spacial score (nSPS) is 12.9. The number of hydrogen-bond acceptors (Lipinski definition) is 9. The summed E-state index contributed by atoms with van der Waals surface area (Å²) in [4.78, 5) is 28.9. The zero-order valence-corrected chi connectivity index (χ0v) is 20.1. The smallest absolute Gasteiger partial charge is 0.262 e. The maximum atomic E-state index is 12.7. The van der Waals surface area contributed by atoms with E-state index in [-0.39, 0.29) is 24.1 Å². The Labute approximate surface area is 202 Å². The molecule has 0 spiro atoms. The summed E-state index contributed by atoms with van der Waals surface area (Å²) < 4.78 is 9.54. The van der Waals surface area contributed by atoms with Gasteiger partial charge < -0.3 is 14.6 Å². The topological polar surface area (TPSA) is 99.0 Å². The third kappa shape index (κ3) is 4.75. The molecular formula is C22H19N5O3S3. The van der Waals surface area contributed by atoms with Gasteiger partial charge in [-0.25, -0.2) is 4.98 Å². The molecule has 3 heterocycles. The van der Waals surface area contributed by atoms with E-state index in [1.54, 1.807) is 41.3 Å². The minimum Gasteiger partial charge on any atom is -0.482 e. The van der Waals surface area contributed by atoms with Crippen molar-refractivity contribution < 1.29 is 14.3 Å². The second kappa shape index (κ2) is 9.54. The van der Waals surface area contributed by atoms with Crippen molar-refractivity contribution in [3.63, 3.8) is 0 Å². The second-order valence-corrected chi connectivity index (χ2v) is 10.3. The van der Waals surface area contributed by atoms with Gasteiger partial charge in [0.2, 0.25) is 0 Å². The molecule has 2 aromatic carbocycles. The number of nitrogens with zero attached hydrogens (tertiary/aromatic N) is 4. The van der Waals surface area contributed by atoms with E-state index < -0.39 is 0 Å². The Kier molecular flexibility index (Phi) is 6.34. The highest BCUT2D eigenvalue weighted by Gasteiger charge is 2.19. The largest absolute Gasteiger partial charge is 0.482 e. The lowest BCUT2D eigenvalue weighted by Crippen LogP contribution is -2.25. The van der Waals surface area contributed by atoms with Crippen molar-refractivity contribution in [1.82, 2.24) is 19.7 Å². The van der Waals surface area contributed by atoms with Crippen LogP contribution in [0.3, 0.4) is 0 Å². The van der Waals surface area contributed by atoms with Gasteiger partial charge in [-0.2, -0.15) is 0 Å². The Morgan fingerprint density at radius 1 is 1.21 bits per heavy atom. The fraction of sp³-hybridized carbons (Fsp3) is 0.227. The first-order valence-electron chi connectivity index (χ1n) is 10.2. The van der Waals surface area contributed by atoms with E-state index in [4.69, 9.17) is 4.74 Å². The number of anilines is 1. The molecule has 0 bridgehead atoms. The lowest BCUT2D eigenvalue weighted by Gasteiger charge is -2.18. The molecule has 168 valence electrons. The number of para-hydroxylation sites is 1. The number of rotatable bonds is 8. The number of hydrogen-bond donors (Lipinski definition) is 1. The molecular weight excluding hydrogens is 478 g/mol. The standard InChI is InChI=1S/C22H19N5O3S3/c1-2-27-19(12-32-22-24-14-5-3-4-6-18(14)33-22)25-26-21(27)31-11-16(28)13-7-8-17-15(9-13)23-20(29)10-30-17/h3-9H,2,10-12H2,1H3,(H,23,29). The van der Waals surface area contributed by atoms with Crippen LogP contribution in [0.1, 0.15) is 23.1 Å². The third-order valence-electron chi connectivity index (χ3n) is 4.98. The zero-order chi connectivity index (χ0) is 22.8. The molecule has 0 unspecified atom stereocenters. The van der Waals surface area contributed by atoms with E-state index in [1.165, 1.54) is 16.5 Å². The van der Waals surface area contributed by atoms with Crippen LogP contribution in [-0.2, 0) is 17.1 Å². The number of ether oxygens (including phenoxy) is 1. The van der Waals surface area contributed by atoms with Gasteiger partial charge in [-0.15, -0.1) is 21.5 Å². The fourth-order valence-corrected chi connectivity index (χ4v) is 6.28. The van der Waals surface area contributed by atoms with E-state index in [0.717, 1.165) is 15.7 Å². The molecule has 4 aromatic rings. The minimum atomic E-state index is -0.228. The maximum Gasteiger partial charge on any atom is 0.262 e. The number of carbonyl (C=O) groups is 2. The van der Waals surface area contributed by atoms with Gasteiger partial charge in [-0.05, 0) is 37.3 Å². The van der Waals surface area contributed by atoms with Crippen molar-refractivity contribution in [1.29, 1.82) is 0 Å². The average Bonchev–Trinajstić information content (AvgIpc) is 3.43. The van der Waals surface area contributed by atoms with Crippen molar-refractivity contribution in [3.8, 4) is 5.75 Å². The van der Waals surface area contributed by atoms with Crippen LogP contribution < -0.4 is 10.1 Å². The highest BCUT2D eigenvalue weighted by Crippen LogP contribution is 2.32. The molecule has 1 aliphatic heterocycles. The quantitative estimate of drug-likeness (QED) is 0.281. The molecule has 0 radical (unpaired) electrons. The van der Waals surface area contributed by atoms with Crippen LogP contribution in [0.15, 0.2) is 52.0 Å². The van der Waals surface area contributed by atoms with Gasteiger partial charge in [0.15, 0.2) is 21.9 Å². The Hall–Kier alpha value is -2.89. The fourth-order valence-electron chi connectivity index (χ4n) is 3.36. The van der Waals surface area contributed by atoms with E-state index in [9.17, 15) is 9.59 Å². The predicted molar refractivity (Wildman–Crippen MR) is 130 cm³/mol. The van der Waals surface area contributed by atoms with Crippen LogP contribution in [0.25, 0.3) is 10.2 Å². The van der Waals surface area contributed by atoms with Gasteiger partial charge in [0.05, 0.1) is 27.4 Å². The molecule has 1 aliphatic rings. The highest BCUT2D eigenvalue weighted by atomic mass is 32.2. The van der Waals surface area contributed by atoms with Gasteiger partial charge in [-0.3, -0.25) is 9.59 Å². The lowest BCUT2D eigenvalue weighted by atomic mass is 10.1. The average molecular weight is 498 g/mol. The lowest BCUT2D eigenvalue weighted by molar-refractivity contribution is -0.118. The number of benzene rings is 2. The number of amides is 1. The number of ketones is 1. The van der Waals surface area contributed by atoms with E-state index in [1.807, 2.05) is 29.7 Å². The van der Waals surface area contributed by atoms with Crippen molar-refractivity contribution >= 4 is 62.5 Å². The monoisotopic (exact) mass is 497 g/mol. The van der Waals surface area contributed by atoms with Crippen molar-refractivity contribution in [2.45, 2.75) is 28.7 Å². The van der Waals surface area contributed by atoms with Gasteiger partial charge >= 0.3 is 0 Å². The van der Waals surface area contributed by atoms with Crippen LogP contribution in [0, 0.1) is 0 Å². The number of thioether (sulfide) groups is 2. The summed E-state index contributed by atoms with van der Waals surface area (Å²) in [5.74, 6) is 2.01. The van der Waals surface area contributed by atoms with Crippen molar-refractivity contribution in [2.75, 3.05) is 17.7 Å². The highest BCUT2D eigenvalue weighted by molar-refractivity contribution is 8.00. The molecule has 33 heavy (non-hydrogen) atoms. The number of aromatic nitrogens is 4. The summed E-state index contributed by atoms with van der Waals surface area (Å²) in [6, 6.07) is 13.2. The van der Waals surface area contributed by atoms with Crippen LogP contribution in [0.5, 0.6) is 5.75 Å². The number of Topliss-reactive ketones (excluding diaryl/α,β-unsaturated/α-hetero) is 1. The number of fused-ring (bicyclic) bond motifs is 2. The maximum absolute atomic E-state index is 12.7. The first-order valence-corrected chi connectivity index (χ1v) is 13.0. The van der Waals surface area contributed by atoms with Gasteiger partial charge in [-0.1, -0.05) is 35.7 Å². The van der Waals surface area contributed by atoms with Crippen LogP contribution in [-0.4, -0.2) is 43.8 Å².